The van der Waals surface area contributed by atoms with Crippen molar-refractivity contribution in [2.45, 2.75) is 75.9 Å². The van der Waals surface area contributed by atoms with Crippen LogP contribution in [0.3, 0.4) is 0 Å². The number of methoxy groups -OCH3 is 1. The van der Waals surface area contributed by atoms with Gasteiger partial charge in [-0.3, -0.25) is 4.79 Å². The van der Waals surface area contributed by atoms with E-state index in [1.54, 1.807) is 6.07 Å². The highest BCUT2D eigenvalue weighted by molar-refractivity contribution is 8.17. The fourth-order valence-corrected chi connectivity index (χ4v) is 14.4. The van der Waals surface area contributed by atoms with Crippen LogP contribution in [0.15, 0.2) is 53.1 Å². The van der Waals surface area contributed by atoms with Crippen molar-refractivity contribution in [1.82, 2.24) is 4.72 Å². The maximum atomic E-state index is 13.6. The van der Waals surface area contributed by atoms with E-state index in [0.717, 1.165) is 79.6 Å². The third kappa shape index (κ3) is 6.53. The minimum Gasteiger partial charge on any atom is -0.491 e. The van der Waals surface area contributed by atoms with Crippen LogP contribution < -0.4 is 14.4 Å². The van der Waals surface area contributed by atoms with Crippen LogP contribution in [-0.2, 0) is 14.8 Å². The number of carbonyl (C=O) groups is 1. The molecule has 7 rings (SSSR count). The van der Waals surface area contributed by atoms with Gasteiger partial charge in [-0.1, -0.05) is 56.2 Å². The molecule has 7 nitrogen and oxygen atoms in total. The van der Waals surface area contributed by atoms with Crippen molar-refractivity contribution in [1.29, 1.82) is 0 Å². The second-order valence-electron chi connectivity index (χ2n) is 15.6. The van der Waals surface area contributed by atoms with E-state index in [4.69, 9.17) is 21.1 Å². The number of thioether (sulfide) groups is 2. The van der Waals surface area contributed by atoms with E-state index < -0.39 is 21.5 Å². The van der Waals surface area contributed by atoms with Crippen LogP contribution in [-0.4, -0.2) is 68.6 Å². The van der Waals surface area contributed by atoms with Gasteiger partial charge in [0.2, 0.25) is 10.0 Å². The number of allylic oxidation sites excluding steroid dienone is 5. The third-order valence-electron chi connectivity index (χ3n) is 12.8. The Morgan fingerprint density at radius 2 is 1.94 bits per heavy atom. The third-order valence-corrected chi connectivity index (χ3v) is 17.8. The van der Waals surface area contributed by atoms with Gasteiger partial charge in [-0.25, -0.2) is 13.1 Å². The predicted molar refractivity (Wildman–Crippen MR) is 203 cm³/mol. The molecule has 2 saturated carbocycles. The van der Waals surface area contributed by atoms with Crippen LogP contribution in [0, 0.1) is 34.5 Å². The summed E-state index contributed by atoms with van der Waals surface area (Å²) in [6.45, 7) is 8.57. The van der Waals surface area contributed by atoms with E-state index in [-0.39, 0.29) is 33.0 Å². The molecule has 11 heteroatoms. The predicted octanol–water partition coefficient (Wildman–Crippen LogP) is 8.02. The maximum absolute atomic E-state index is 13.6. The van der Waals surface area contributed by atoms with Gasteiger partial charge in [0.1, 0.15) is 11.4 Å². The summed E-state index contributed by atoms with van der Waals surface area (Å²) in [6.07, 6.45) is 16.2. The van der Waals surface area contributed by atoms with Crippen molar-refractivity contribution in [3.63, 3.8) is 0 Å². The van der Waals surface area contributed by atoms with Gasteiger partial charge in [0.05, 0.1) is 22.6 Å². The van der Waals surface area contributed by atoms with E-state index in [1.807, 2.05) is 49.7 Å². The average Bonchev–Trinajstić information content (AvgIpc) is 3.22. The molecule has 0 aromatic heterocycles. The molecule has 1 saturated heterocycles. The summed E-state index contributed by atoms with van der Waals surface area (Å²) in [5.74, 6) is 2.71. The lowest BCUT2D eigenvalue weighted by molar-refractivity contribution is -0.0648. The van der Waals surface area contributed by atoms with Crippen LogP contribution >= 0.6 is 35.1 Å². The van der Waals surface area contributed by atoms with Crippen LogP contribution in [0.5, 0.6) is 5.75 Å². The zero-order valence-electron chi connectivity index (χ0n) is 29.2. The Bertz CT molecular complexity index is 1660. The number of hydrogen-bond donors (Lipinski definition) is 1. The topological polar surface area (TPSA) is 84.9 Å². The summed E-state index contributed by atoms with van der Waals surface area (Å²) in [5, 5.41) is 0.821. The van der Waals surface area contributed by atoms with Gasteiger partial charge in [0, 0.05) is 41.6 Å². The summed E-state index contributed by atoms with van der Waals surface area (Å²) in [5.41, 5.74) is 1.84. The number of rotatable bonds is 2. The van der Waals surface area contributed by atoms with Crippen LogP contribution in [0.2, 0.25) is 0 Å². The number of halogens is 1. The number of carbonyl (C=O) groups excluding carboxylic acids is 1. The van der Waals surface area contributed by atoms with Crippen molar-refractivity contribution in [3.05, 3.63) is 58.7 Å². The standard InChI is InChI=1S/C38H51ClN2O5S3/c1-25-12-16-38(45-4,35-47-17-6-18-48-35)31-10-8-28(31)21-41-23-37(14-5-7-29-20-30(39)13-15-36(29,37)3)24-46-33-11-9-27(19-32(33)41)34(42)40-49(43,44)22-26(25)2/h9,11-13,16,19-20,25-26,28,31,35H,5-8,10,14-15,17-18,21-24H2,1-4H3,(H,40,42)/b16-12+/t25-,26+,28-,31+,36?,37-,38+/m0/s1. The minimum atomic E-state index is -3.88. The van der Waals surface area contributed by atoms with Crippen molar-refractivity contribution in [2.24, 2.45) is 34.5 Å². The number of amides is 1. The number of benzene rings is 1. The molecular formula is C38H51ClN2O5S3. The second kappa shape index (κ2) is 13.8. The van der Waals surface area contributed by atoms with Gasteiger partial charge in [-0.15, -0.1) is 23.5 Å². The molecule has 3 aliphatic carbocycles. The van der Waals surface area contributed by atoms with E-state index in [9.17, 15) is 13.2 Å². The van der Waals surface area contributed by atoms with E-state index >= 15 is 0 Å². The normalized spacial score (nSPS) is 38.8. The van der Waals surface area contributed by atoms with Gasteiger partial charge in [-0.05, 0) is 104 Å². The molecule has 3 heterocycles. The summed E-state index contributed by atoms with van der Waals surface area (Å²) in [6, 6.07) is 5.43. The van der Waals surface area contributed by atoms with Crippen LogP contribution in [0.1, 0.15) is 76.1 Å². The summed E-state index contributed by atoms with van der Waals surface area (Å²) in [4.78, 5) is 16.1. The van der Waals surface area contributed by atoms with Gasteiger partial charge in [-0.2, -0.15) is 0 Å². The van der Waals surface area contributed by atoms with Crippen molar-refractivity contribution in [2.75, 3.05) is 49.0 Å². The second-order valence-corrected chi connectivity index (χ2v) is 20.5. The first-order valence-electron chi connectivity index (χ1n) is 18.0. The zero-order chi connectivity index (χ0) is 34.6. The van der Waals surface area contributed by atoms with Gasteiger partial charge in [0.25, 0.3) is 5.91 Å². The molecule has 3 fully saturated rings. The summed E-state index contributed by atoms with van der Waals surface area (Å²) < 4.78 is 42.9. The molecule has 268 valence electrons. The monoisotopic (exact) mass is 746 g/mol. The summed E-state index contributed by atoms with van der Waals surface area (Å²) >= 11 is 10.6. The van der Waals surface area contributed by atoms with Gasteiger partial charge < -0.3 is 14.4 Å². The van der Waals surface area contributed by atoms with E-state index in [1.165, 1.54) is 12.0 Å². The fraction of sp³-hybridized carbons (Fsp3) is 0.658. The molecule has 7 atom stereocenters. The highest BCUT2D eigenvalue weighted by Crippen LogP contribution is 2.60. The van der Waals surface area contributed by atoms with Crippen LogP contribution in [0.4, 0.5) is 5.69 Å². The number of fused-ring (bicyclic) bond motifs is 4. The number of anilines is 1. The van der Waals surface area contributed by atoms with E-state index in [2.05, 4.69) is 47.8 Å². The Balaban J connectivity index is 1.33. The Hall–Kier alpha value is -1.59. The first-order chi connectivity index (χ1) is 23.4. The first-order valence-corrected chi connectivity index (χ1v) is 22.1. The first kappa shape index (κ1) is 35.8. The number of nitrogens with zero attached hydrogens (tertiary/aromatic N) is 1. The molecule has 1 aromatic rings. The lowest BCUT2D eigenvalue weighted by Gasteiger charge is -2.56. The Morgan fingerprint density at radius 3 is 2.67 bits per heavy atom. The van der Waals surface area contributed by atoms with E-state index in [0.29, 0.717) is 24.0 Å². The van der Waals surface area contributed by atoms with Crippen molar-refractivity contribution < 1.29 is 22.7 Å². The molecule has 2 bridgehead atoms. The molecule has 6 aliphatic rings. The largest absolute Gasteiger partial charge is 0.491 e. The number of ether oxygens (including phenoxy) is 2. The molecule has 49 heavy (non-hydrogen) atoms. The molecule has 1 aromatic carbocycles. The maximum Gasteiger partial charge on any atom is 0.264 e. The molecule has 0 radical (unpaired) electrons. The highest BCUT2D eigenvalue weighted by atomic mass is 35.5. The SMILES string of the molecule is CO[C@]1(C2SCCCS2)/C=C/[C@H](C)[C@H](C)CS(=O)(=O)NC(=O)c2ccc3c(c2)N(C[C@@H]2CC[C@H]21)C[C@@]1(CCCC2=CC(Cl)=CCC21C)CO3. The number of nitrogens with one attached hydrogen (secondary N) is 1. The Morgan fingerprint density at radius 1 is 1.14 bits per heavy atom. The molecule has 1 N–H and O–H groups in total. The average molecular weight is 747 g/mol. The van der Waals surface area contributed by atoms with Crippen LogP contribution in [0.25, 0.3) is 0 Å². The lowest BCUT2D eigenvalue weighted by Crippen LogP contribution is -2.58. The van der Waals surface area contributed by atoms with Crippen molar-refractivity contribution >= 4 is 56.7 Å². The Kier molecular flexibility index (Phi) is 10.0. The van der Waals surface area contributed by atoms with Gasteiger partial charge in [0.15, 0.2) is 0 Å². The summed E-state index contributed by atoms with van der Waals surface area (Å²) in [7, 11) is -2.01. The fourth-order valence-electron chi connectivity index (χ4n) is 9.34. The lowest BCUT2D eigenvalue weighted by atomic mass is 9.52. The number of sulfonamides is 1. The molecule has 1 unspecified atom stereocenters. The molecule has 3 aliphatic heterocycles. The molecule has 1 spiro atoms. The highest BCUT2D eigenvalue weighted by Gasteiger charge is 2.56. The van der Waals surface area contributed by atoms with Gasteiger partial charge >= 0.3 is 0 Å². The molecular weight excluding hydrogens is 696 g/mol. The van der Waals surface area contributed by atoms with Crippen molar-refractivity contribution in [3.8, 4) is 5.75 Å². The minimum absolute atomic E-state index is 0.0212. The molecule has 1 amide bonds. The zero-order valence-corrected chi connectivity index (χ0v) is 32.4. The Labute approximate surface area is 306 Å². The number of hydrogen-bond acceptors (Lipinski definition) is 8. The quantitative estimate of drug-likeness (QED) is 0.305. The smallest absolute Gasteiger partial charge is 0.264 e.